The highest BCUT2D eigenvalue weighted by Gasteiger charge is 2.36. The summed E-state index contributed by atoms with van der Waals surface area (Å²) in [4.78, 5) is 4.84. The molecular weight excluding hydrogens is 364 g/mol. The molecule has 2 aliphatic rings. The van der Waals surface area contributed by atoms with Gasteiger partial charge in [0.1, 0.15) is 11.8 Å². The number of hydrogen-bond acceptors (Lipinski definition) is 1. The van der Waals surface area contributed by atoms with Crippen LogP contribution in [0.15, 0.2) is 65.7 Å². The first-order chi connectivity index (χ1) is 14.3. The Morgan fingerprint density at radius 2 is 1.63 bits per heavy atom. The summed E-state index contributed by atoms with van der Waals surface area (Å²) >= 11 is 0. The van der Waals surface area contributed by atoms with Crippen molar-refractivity contribution in [2.45, 2.75) is 47.1 Å². The maximum absolute atomic E-state index is 4.84. The van der Waals surface area contributed by atoms with Crippen LogP contribution in [0.25, 0.3) is 11.1 Å². The molecule has 2 heterocycles. The van der Waals surface area contributed by atoms with Crippen molar-refractivity contribution in [3.63, 3.8) is 0 Å². The van der Waals surface area contributed by atoms with E-state index in [0.717, 1.165) is 12.1 Å². The maximum atomic E-state index is 4.84. The van der Waals surface area contributed by atoms with Crippen LogP contribution in [0.5, 0.6) is 0 Å². The van der Waals surface area contributed by atoms with Gasteiger partial charge in [-0.15, -0.1) is 0 Å². The zero-order valence-corrected chi connectivity index (χ0v) is 18.5. The molecule has 0 amide bonds. The summed E-state index contributed by atoms with van der Waals surface area (Å²) in [6.07, 6.45) is 4.40. The Hall–Kier alpha value is -3.00. The number of aryl methyl sites for hydroxylation is 2. The van der Waals surface area contributed by atoms with Crippen molar-refractivity contribution in [2.24, 2.45) is 10.4 Å². The van der Waals surface area contributed by atoms with Gasteiger partial charge < -0.3 is 4.58 Å². The van der Waals surface area contributed by atoms with Gasteiger partial charge in [-0.05, 0) is 53.5 Å². The molecule has 0 N–H and O–H groups in total. The third-order valence-electron chi connectivity index (χ3n) is 6.13. The lowest BCUT2D eigenvalue weighted by atomic mass is 9.81. The lowest BCUT2D eigenvalue weighted by molar-refractivity contribution is -0.462. The van der Waals surface area contributed by atoms with Crippen LogP contribution < -0.4 is 0 Å². The third-order valence-corrected chi connectivity index (χ3v) is 6.13. The predicted octanol–water partition coefficient (Wildman–Crippen LogP) is 6.67. The van der Waals surface area contributed by atoms with E-state index in [-0.39, 0.29) is 11.5 Å². The highest BCUT2D eigenvalue weighted by molar-refractivity contribution is 6.12. The summed E-state index contributed by atoms with van der Waals surface area (Å²) in [6.45, 7) is 11.3. The normalized spacial score (nSPS) is 17.0. The molecule has 2 heteroatoms. The van der Waals surface area contributed by atoms with E-state index >= 15 is 0 Å². The highest BCUT2D eigenvalue weighted by atomic mass is 15.2. The maximum Gasteiger partial charge on any atom is 0.249 e. The number of aliphatic imine (C=N–C) groups is 1. The summed E-state index contributed by atoms with van der Waals surface area (Å²) in [6, 6.07) is 22.2. The molecule has 0 aliphatic carbocycles. The molecule has 2 aliphatic heterocycles. The van der Waals surface area contributed by atoms with Crippen LogP contribution in [-0.4, -0.2) is 16.6 Å². The number of rotatable bonds is 2. The van der Waals surface area contributed by atoms with Crippen LogP contribution in [0, 0.1) is 19.3 Å². The third kappa shape index (κ3) is 3.02. The van der Waals surface area contributed by atoms with Crippen molar-refractivity contribution in [3.05, 3.63) is 88.5 Å². The van der Waals surface area contributed by atoms with E-state index in [0.29, 0.717) is 0 Å². The highest BCUT2D eigenvalue weighted by Crippen LogP contribution is 2.47. The Balaban J connectivity index is 1.71. The van der Waals surface area contributed by atoms with Crippen LogP contribution in [0.4, 0.5) is 5.69 Å². The van der Waals surface area contributed by atoms with Crippen molar-refractivity contribution in [1.29, 1.82) is 0 Å². The van der Waals surface area contributed by atoms with Gasteiger partial charge in [0.2, 0.25) is 6.34 Å². The van der Waals surface area contributed by atoms with Crippen LogP contribution in [0.2, 0.25) is 0 Å². The molecule has 0 saturated carbocycles. The Bertz CT molecular complexity index is 1200. The number of fused-ring (bicyclic) bond motifs is 6. The Morgan fingerprint density at radius 3 is 2.37 bits per heavy atom. The summed E-state index contributed by atoms with van der Waals surface area (Å²) in [5.41, 5.74) is 11.6. The van der Waals surface area contributed by atoms with Gasteiger partial charge in [0.15, 0.2) is 0 Å². The molecule has 0 spiro atoms. The van der Waals surface area contributed by atoms with Crippen LogP contribution in [0.1, 0.15) is 54.6 Å². The molecule has 5 rings (SSSR count). The van der Waals surface area contributed by atoms with E-state index in [2.05, 4.69) is 106 Å². The monoisotopic (exact) mass is 392 g/mol. The molecule has 2 nitrogen and oxygen atoms in total. The van der Waals surface area contributed by atoms with E-state index in [1.165, 1.54) is 44.6 Å². The standard InChI is InChI=1S/C28H28N2/c1-18-9-8-10-19(2)25(18)26-27-22-14-13-20(16-28(3,4)5)15-23(22)21-11-6-7-12-24(21)30(27)17-29-26/h6-15,27H,16H2,1-5H3. The van der Waals surface area contributed by atoms with Gasteiger partial charge in [0, 0.05) is 5.69 Å². The van der Waals surface area contributed by atoms with Crippen molar-refractivity contribution in [3.8, 4) is 11.1 Å². The second kappa shape index (κ2) is 6.77. The van der Waals surface area contributed by atoms with Crippen molar-refractivity contribution in [2.75, 3.05) is 0 Å². The smallest absolute Gasteiger partial charge is 0.249 e. The largest absolute Gasteiger partial charge is 0.330 e. The van der Waals surface area contributed by atoms with Gasteiger partial charge in [-0.1, -0.05) is 92.6 Å². The molecule has 0 aromatic heterocycles. The molecule has 1 atom stereocenters. The van der Waals surface area contributed by atoms with Gasteiger partial charge >= 0.3 is 0 Å². The van der Waals surface area contributed by atoms with E-state index in [1.807, 2.05) is 0 Å². The fourth-order valence-corrected chi connectivity index (χ4v) is 4.95. The average Bonchev–Trinajstić information content (AvgIpc) is 3.12. The van der Waals surface area contributed by atoms with Gasteiger partial charge in [-0.25, -0.2) is 0 Å². The SMILES string of the molecule is Cc1cccc(C)c1C1=N[C-]=[N+]2c3ccccc3-c3cc(CC(C)(C)C)ccc3C12. The molecule has 3 aromatic carbocycles. The van der Waals surface area contributed by atoms with Crippen molar-refractivity contribution >= 4 is 17.7 Å². The number of hydrogen-bond donors (Lipinski definition) is 0. The minimum atomic E-state index is 0.0680. The first kappa shape index (κ1) is 19.0. The molecule has 30 heavy (non-hydrogen) atoms. The molecule has 1 unspecified atom stereocenters. The van der Waals surface area contributed by atoms with Gasteiger partial charge in [0.25, 0.3) is 0 Å². The number of benzene rings is 3. The van der Waals surface area contributed by atoms with Crippen LogP contribution in [0.3, 0.4) is 0 Å². The molecule has 0 radical (unpaired) electrons. The molecule has 0 fully saturated rings. The average molecular weight is 393 g/mol. The minimum Gasteiger partial charge on any atom is -0.330 e. The fourth-order valence-electron chi connectivity index (χ4n) is 4.95. The van der Waals surface area contributed by atoms with E-state index in [9.17, 15) is 0 Å². The Labute approximate surface area is 179 Å². The Morgan fingerprint density at radius 1 is 0.900 bits per heavy atom. The van der Waals surface area contributed by atoms with Gasteiger partial charge in [0.05, 0.1) is 0 Å². The van der Waals surface area contributed by atoms with E-state index in [4.69, 9.17) is 4.99 Å². The summed E-state index contributed by atoms with van der Waals surface area (Å²) in [5.74, 6) is 0. The first-order valence-corrected chi connectivity index (χ1v) is 10.7. The zero-order valence-electron chi connectivity index (χ0n) is 18.5. The van der Waals surface area contributed by atoms with Crippen LogP contribution in [-0.2, 0) is 6.42 Å². The second-order valence-corrected chi connectivity index (χ2v) is 9.81. The summed E-state index contributed by atoms with van der Waals surface area (Å²) in [5, 5.41) is 0. The number of para-hydroxylation sites is 1. The molecule has 3 aromatic rings. The Kier molecular flexibility index (Phi) is 4.28. The first-order valence-electron chi connectivity index (χ1n) is 10.7. The summed E-state index contributed by atoms with van der Waals surface area (Å²) < 4.78 is 2.22. The number of nitrogens with zero attached hydrogens (tertiary/aromatic N) is 2. The second-order valence-electron chi connectivity index (χ2n) is 9.81. The molecule has 150 valence electrons. The van der Waals surface area contributed by atoms with Crippen LogP contribution >= 0.6 is 0 Å². The van der Waals surface area contributed by atoms with E-state index < -0.39 is 0 Å². The zero-order chi connectivity index (χ0) is 21.0. The summed E-state index contributed by atoms with van der Waals surface area (Å²) in [7, 11) is 0. The fraction of sp³-hybridized carbons (Fsp3) is 0.286. The molecular formula is C28H28N2. The lowest BCUT2D eigenvalue weighted by Gasteiger charge is -2.32. The molecule has 0 bridgehead atoms. The van der Waals surface area contributed by atoms with Crippen molar-refractivity contribution < 1.29 is 4.58 Å². The van der Waals surface area contributed by atoms with Crippen molar-refractivity contribution in [1.82, 2.24) is 0 Å². The minimum absolute atomic E-state index is 0.0680. The predicted molar refractivity (Wildman–Crippen MR) is 125 cm³/mol. The van der Waals surface area contributed by atoms with E-state index in [1.54, 1.807) is 0 Å². The topological polar surface area (TPSA) is 15.4 Å². The molecule has 0 saturated heterocycles. The lowest BCUT2D eigenvalue weighted by Crippen LogP contribution is -2.25. The quantitative estimate of drug-likeness (QED) is 0.342. The van der Waals surface area contributed by atoms with Gasteiger partial charge in [-0.3, -0.25) is 0 Å². The van der Waals surface area contributed by atoms with Gasteiger partial charge in [-0.2, -0.15) is 4.99 Å².